The van der Waals surface area contributed by atoms with E-state index >= 15 is 0 Å². The summed E-state index contributed by atoms with van der Waals surface area (Å²) < 4.78 is 0. The first-order valence-electron chi connectivity index (χ1n) is 13.9. The summed E-state index contributed by atoms with van der Waals surface area (Å²) >= 11 is 0. The number of hydrogen-bond donors (Lipinski definition) is 12. The van der Waals surface area contributed by atoms with Crippen LogP contribution in [0.4, 0.5) is 0 Å². The smallest absolute Gasteiger partial charge is 0.243 e. The van der Waals surface area contributed by atoms with Crippen LogP contribution in [0.2, 0.25) is 0 Å². The fourth-order valence-electron chi connectivity index (χ4n) is 3.70. The first kappa shape index (κ1) is 39.3. The second kappa shape index (κ2) is 22.8. The van der Waals surface area contributed by atoms with Gasteiger partial charge in [-0.3, -0.25) is 34.2 Å². The van der Waals surface area contributed by atoms with Gasteiger partial charge < -0.3 is 70.9 Å². The van der Waals surface area contributed by atoms with E-state index in [0.29, 0.717) is 12.7 Å². The molecule has 0 fully saturated rings. The average molecular weight is 629 g/mol. The molecule has 0 spiro atoms. The van der Waals surface area contributed by atoms with Crippen molar-refractivity contribution < 1.29 is 29.1 Å². The number of nitrogens with one attached hydrogen (secondary N) is 5. The number of hydrogen-bond acceptors (Lipinski definition) is 10. The number of amides is 4. The van der Waals surface area contributed by atoms with E-state index in [4.69, 9.17) is 34.4 Å². The molecule has 250 valence electrons. The Morgan fingerprint density at radius 2 is 0.977 bits per heavy atom. The lowest BCUT2D eigenvalue weighted by Gasteiger charge is -2.26. The van der Waals surface area contributed by atoms with Gasteiger partial charge >= 0.3 is 0 Å². The summed E-state index contributed by atoms with van der Waals surface area (Å²) in [5.74, 6) is -3.16. The maximum absolute atomic E-state index is 13.4. The van der Waals surface area contributed by atoms with Gasteiger partial charge in [-0.25, -0.2) is 0 Å². The molecule has 18 N–H and O–H groups in total. The molecule has 0 aliphatic carbocycles. The molecule has 0 heterocycles. The van der Waals surface area contributed by atoms with Crippen LogP contribution in [-0.4, -0.2) is 117 Å². The second-order valence-corrected chi connectivity index (χ2v) is 9.47. The highest BCUT2D eigenvalue weighted by Crippen LogP contribution is 2.06. The molecule has 4 amide bonds. The first-order valence-corrected chi connectivity index (χ1v) is 13.9. The van der Waals surface area contributed by atoms with Gasteiger partial charge in [0, 0.05) is 19.6 Å². The predicted molar refractivity (Wildman–Crippen MR) is 165 cm³/mol. The highest BCUT2D eigenvalue weighted by Gasteiger charge is 2.30. The molecule has 4 atom stereocenters. The van der Waals surface area contributed by atoms with Gasteiger partial charge in [0.1, 0.15) is 30.5 Å². The van der Waals surface area contributed by atoms with Crippen molar-refractivity contribution >= 4 is 47.8 Å². The number of nitrogens with zero attached hydrogens (tertiary/aromatic N) is 3. The molecule has 0 aliphatic rings. The first-order chi connectivity index (χ1) is 20.9. The quantitative estimate of drug-likeness (QED) is 0.0217. The zero-order chi connectivity index (χ0) is 33.5. The topological polar surface area (TPSA) is 359 Å². The van der Waals surface area contributed by atoms with Gasteiger partial charge in [0.05, 0.1) is 13.2 Å². The largest absolute Gasteiger partial charge is 0.394 e. The van der Waals surface area contributed by atoms with Crippen LogP contribution in [0.1, 0.15) is 38.5 Å². The number of carbonyl (C=O) groups excluding carboxylic acids is 5. The molecule has 0 bridgehead atoms. The molecule has 0 radical (unpaired) electrons. The summed E-state index contributed by atoms with van der Waals surface area (Å²) in [6.45, 7) is -0.325. The van der Waals surface area contributed by atoms with Crippen molar-refractivity contribution in [1.82, 2.24) is 26.6 Å². The van der Waals surface area contributed by atoms with Gasteiger partial charge in [-0.05, 0) is 45.6 Å². The van der Waals surface area contributed by atoms with E-state index in [-0.39, 0.29) is 76.2 Å². The number of guanidine groups is 3. The fraction of sp³-hybridized carbons (Fsp3) is 0.667. The van der Waals surface area contributed by atoms with Crippen LogP contribution >= 0.6 is 0 Å². The van der Waals surface area contributed by atoms with Crippen LogP contribution < -0.4 is 61.0 Å². The molecule has 0 aromatic heterocycles. The Morgan fingerprint density at radius 3 is 1.27 bits per heavy atom. The van der Waals surface area contributed by atoms with Crippen molar-refractivity contribution in [3.8, 4) is 0 Å². The lowest BCUT2D eigenvalue weighted by atomic mass is 10.1. The lowest BCUT2D eigenvalue weighted by molar-refractivity contribution is -0.134. The molecule has 20 nitrogen and oxygen atoms in total. The van der Waals surface area contributed by atoms with E-state index in [9.17, 15) is 29.1 Å². The Hall–Kier alpha value is -4.72. The predicted octanol–water partition coefficient (Wildman–Crippen LogP) is -6.50. The van der Waals surface area contributed by atoms with Crippen LogP contribution in [0.15, 0.2) is 15.0 Å². The van der Waals surface area contributed by atoms with Gasteiger partial charge in [-0.1, -0.05) is 0 Å². The van der Waals surface area contributed by atoms with Gasteiger partial charge in [-0.15, -0.1) is 0 Å². The van der Waals surface area contributed by atoms with Crippen LogP contribution in [-0.2, 0) is 24.0 Å². The Bertz CT molecular complexity index is 1010. The molecule has 2 unspecified atom stereocenters. The number of aldehydes is 1. The van der Waals surface area contributed by atoms with E-state index in [2.05, 4.69) is 41.6 Å². The van der Waals surface area contributed by atoms with Crippen molar-refractivity contribution in [1.29, 1.82) is 0 Å². The molecular weight excluding hydrogens is 580 g/mol. The standard InChI is InChI=1S/C24H48N14O6/c1-31-17(13-40)21(44)38-16(7-4-10-35-24(29)30)20(43)37-15(6-3-9-34-23(27)28)19(42)36-14(18(41)32-11-12-39)5-2-8-33-22(25)26/h12,14-17,31,40H,2-11,13H2,1H3,(H,32,41)(H,36,42)(H,37,43)(H,38,44)(H4,25,26,33)(H4,27,28,34)(H4,29,30,35)/t14?,15-,16?,17-/m0/s1. The SMILES string of the molecule is CN[C@@H](CO)C(=O)NC(CCCN=C(N)N)C(=O)N[C@@H](CCCN=C(N)N)C(=O)NC(CCCN=C(N)N)C(=O)NCC=O. The highest BCUT2D eigenvalue weighted by atomic mass is 16.3. The van der Waals surface area contributed by atoms with Crippen molar-refractivity contribution in [2.24, 2.45) is 49.4 Å². The third-order valence-electron chi connectivity index (χ3n) is 5.94. The minimum absolute atomic E-state index is 0.0511. The van der Waals surface area contributed by atoms with E-state index in [1.165, 1.54) is 7.05 Å². The molecular formula is C24H48N14O6. The number of aliphatic hydroxyl groups excluding tert-OH is 1. The maximum Gasteiger partial charge on any atom is 0.243 e. The Labute approximate surface area is 255 Å². The van der Waals surface area contributed by atoms with E-state index < -0.39 is 54.4 Å². The summed E-state index contributed by atoms with van der Waals surface area (Å²) in [6, 6.07) is -4.42. The minimum atomic E-state index is -1.19. The molecule has 0 saturated carbocycles. The summed E-state index contributed by atoms with van der Waals surface area (Å²) in [5, 5.41) is 22.3. The Balaban J connectivity index is 5.98. The molecule has 0 saturated heterocycles. The summed E-state index contributed by atoms with van der Waals surface area (Å²) in [5.41, 5.74) is 32.1. The number of likely N-dealkylation sites (N-methyl/N-ethyl adjacent to an activating group) is 1. The third kappa shape index (κ3) is 18.0. The molecule has 0 aromatic carbocycles. The van der Waals surface area contributed by atoms with Gasteiger partial charge in [0.15, 0.2) is 17.9 Å². The normalized spacial score (nSPS) is 13.1. The Kier molecular flexibility index (Phi) is 20.4. The van der Waals surface area contributed by atoms with Crippen molar-refractivity contribution in [3.05, 3.63) is 0 Å². The monoisotopic (exact) mass is 628 g/mol. The van der Waals surface area contributed by atoms with Crippen molar-refractivity contribution in [3.63, 3.8) is 0 Å². The van der Waals surface area contributed by atoms with Gasteiger partial charge in [-0.2, -0.15) is 0 Å². The van der Waals surface area contributed by atoms with Crippen molar-refractivity contribution in [2.75, 3.05) is 39.8 Å². The van der Waals surface area contributed by atoms with E-state index in [1.54, 1.807) is 0 Å². The van der Waals surface area contributed by atoms with Crippen LogP contribution in [0.25, 0.3) is 0 Å². The molecule has 20 heteroatoms. The molecule has 0 aromatic rings. The third-order valence-corrected chi connectivity index (χ3v) is 5.94. The van der Waals surface area contributed by atoms with Crippen LogP contribution in [0, 0.1) is 0 Å². The average Bonchev–Trinajstić information content (AvgIpc) is 2.96. The fourth-order valence-corrected chi connectivity index (χ4v) is 3.70. The van der Waals surface area contributed by atoms with Crippen molar-refractivity contribution in [2.45, 2.75) is 62.7 Å². The summed E-state index contributed by atoms with van der Waals surface area (Å²) in [4.78, 5) is 74.5. The van der Waals surface area contributed by atoms with Gasteiger partial charge in [0.25, 0.3) is 0 Å². The molecule has 0 rings (SSSR count). The highest BCUT2D eigenvalue weighted by molar-refractivity contribution is 5.95. The number of aliphatic hydroxyl groups is 1. The minimum Gasteiger partial charge on any atom is -0.394 e. The van der Waals surface area contributed by atoms with E-state index in [0.717, 1.165) is 0 Å². The molecule has 0 aliphatic heterocycles. The Morgan fingerprint density at radius 1 is 0.636 bits per heavy atom. The number of aliphatic imine (C=N–C) groups is 3. The van der Waals surface area contributed by atoms with E-state index in [1.807, 2.05) is 0 Å². The van der Waals surface area contributed by atoms with Gasteiger partial charge in [0.2, 0.25) is 23.6 Å². The molecule has 44 heavy (non-hydrogen) atoms. The van der Waals surface area contributed by atoms with Crippen LogP contribution in [0.5, 0.6) is 0 Å². The second-order valence-electron chi connectivity index (χ2n) is 9.47. The number of rotatable bonds is 23. The zero-order valence-electron chi connectivity index (χ0n) is 25.0. The zero-order valence-corrected chi connectivity index (χ0v) is 25.0. The van der Waals surface area contributed by atoms with Crippen LogP contribution in [0.3, 0.4) is 0 Å². The number of carbonyl (C=O) groups is 5. The summed E-state index contributed by atoms with van der Waals surface area (Å²) in [6.07, 6.45) is 1.58. The summed E-state index contributed by atoms with van der Waals surface area (Å²) in [7, 11) is 1.46. The lowest BCUT2D eigenvalue weighted by Crippen LogP contribution is -2.58. The number of nitrogens with two attached hydrogens (primary N) is 6. The maximum atomic E-state index is 13.4.